The minimum absolute atomic E-state index is 0.283. The van der Waals surface area contributed by atoms with Gasteiger partial charge in [-0.25, -0.2) is 0 Å². The van der Waals surface area contributed by atoms with Crippen LogP contribution < -0.4 is 0 Å². The molecular formula is C14H11ClINO. The number of aliphatic imine (C=N–C) groups is 1. The van der Waals surface area contributed by atoms with Gasteiger partial charge in [-0.2, -0.15) is 0 Å². The van der Waals surface area contributed by atoms with Crippen molar-refractivity contribution in [1.29, 1.82) is 0 Å². The maximum Gasteiger partial charge on any atom is 0.128 e. The Labute approximate surface area is 124 Å². The SMILES string of the molecule is Cc1ccc(N=Cc2ccc(O)c(I)c2)cc1Cl. The van der Waals surface area contributed by atoms with Gasteiger partial charge in [-0.3, -0.25) is 4.99 Å². The van der Waals surface area contributed by atoms with Crippen molar-refractivity contribution in [3.05, 3.63) is 56.1 Å². The molecule has 0 atom stereocenters. The number of benzene rings is 2. The molecule has 0 amide bonds. The van der Waals surface area contributed by atoms with Gasteiger partial charge in [0.05, 0.1) is 9.26 Å². The third-order valence-electron chi connectivity index (χ3n) is 2.49. The molecule has 0 bridgehead atoms. The molecule has 0 aliphatic rings. The fourth-order valence-corrected chi connectivity index (χ4v) is 2.13. The molecule has 2 aromatic rings. The standard InChI is InChI=1S/C14H11ClINO/c1-9-2-4-11(7-12(9)15)17-8-10-3-5-14(18)13(16)6-10/h2-8,18H,1H3. The predicted octanol–water partition coefficient (Wildman–Crippen LogP) is 4.71. The largest absolute Gasteiger partial charge is 0.507 e. The smallest absolute Gasteiger partial charge is 0.128 e. The third kappa shape index (κ3) is 3.23. The maximum absolute atomic E-state index is 9.43. The van der Waals surface area contributed by atoms with E-state index in [-0.39, 0.29) is 5.75 Å². The number of hydrogen-bond acceptors (Lipinski definition) is 2. The van der Waals surface area contributed by atoms with Crippen LogP contribution >= 0.6 is 34.2 Å². The lowest BCUT2D eigenvalue weighted by Gasteiger charge is -2.00. The molecule has 0 saturated carbocycles. The molecular weight excluding hydrogens is 361 g/mol. The van der Waals surface area contributed by atoms with Crippen molar-refractivity contribution in [3.63, 3.8) is 0 Å². The van der Waals surface area contributed by atoms with E-state index in [1.165, 1.54) is 0 Å². The number of rotatable bonds is 2. The molecule has 2 nitrogen and oxygen atoms in total. The Hall–Kier alpha value is -1.07. The molecule has 92 valence electrons. The molecule has 0 aromatic heterocycles. The van der Waals surface area contributed by atoms with Crippen molar-refractivity contribution in [1.82, 2.24) is 0 Å². The molecule has 0 aliphatic carbocycles. The van der Waals surface area contributed by atoms with Crippen molar-refractivity contribution >= 4 is 46.1 Å². The minimum atomic E-state index is 0.283. The van der Waals surface area contributed by atoms with Crippen LogP contribution in [0.5, 0.6) is 5.75 Å². The molecule has 0 aliphatic heterocycles. The topological polar surface area (TPSA) is 32.6 Å². The molecule has 0 unspecified atom stereocenters. The number of aryl methyl sites for hydroxylation is 1. The molecule has 0 radical (unpaired) electrons. The first kappa shape index (κ1) is 13.4. The summed E-state index contributed by atoms with van der Waals surface area (Å²) in [6, 6.07) is 11.0. The Morgan fingerprint density at radius 2 is 2.00 bits per heavy atom. The molecule has 0 spiro atoms. The van der Waals surface area contributed by atoms with Crippen molar-refractivity contribution < 1.29 is 5.11 Å². The summed E-state index contributed by atoms with van der Waals surface area (Å²) in [7, 11) is 0. The van der Waals surface area contributed by atoms with Gasteiger partial charge in [-0.05, 0) is 71.0 Å². The number of phenols is 1. The first-order chi connectivity index (χ1) is 8.56. The van der Waals surface area contributed by atoms with E-state index in [0.717, 1.165) is 20.4 Å². The van der Waals surface area contributed by atoms with Gasteiger partial charge in [-0.15, -0.1) is 0 Å². The maximum atomic E-state index is 9.43. The summed E-state index contributed by atoms with van der Waals surface area (Å²) in [6.07, 6.45) is 1.75. The van der Waals surface area contributed by atoms with Crippen molar-refractivity contribution in [2.75, 3.05) is 0 Å². The summed E-state index contributed by atoms with van der Waals surface area (Å²) in [5.74, 6) is 0.283. The van der Waals surface area contributed by atoms with Gasteiger partial charge in [0.25, 0.3) is 0 Å². The molecule has 2 aromatic carbocycles. The lowest BCUT2D eigenvalue weighted by molar-refractivity contribution is 0.471. The zero-order valence-corrected chi connectivity index (χ0v) is 12.6. The minimum Gasteiger partial charge on any atom is -0.507 e. The number of nitrogens with zero attached hydrogens (tertiary/aromatic N) is 1. The highest BCUT2D eigenvalue weighted by molar-refractivity contribution is 14.1. The van der Waals surface area contributed by atoms with Crippen LogP contribution in [-0.4, -0.2) is 11.3 Å². The predicted molar refractivity (Wildman–Crippen MR) is 84.3 cm³/mol. The average Bonchev–Trinajstić information content (AvgIpc) is 2.35. The van der Waals surface area contributed by atoms with Gasteiger partial charge < -0.3 is 5.11 Å². The first-order valence-electron chi connectivity index (χ1n) is 5.35. The lowest BCUT2D eigenvalue weighted by Crippen LogP contribution is -1.83. The summed E-state index contributed by atoms with van der Waals surface area (Å²) < 4.78 is 0.804. The number of halogens is 2. The van der Waals surface area contributed by atoms with Gasteiger partial charge in [0, 0.05) is 11.2 Å². The van der Waals surface area contributed by atoms with Crippen LogP contribution in [0.25, 0.3) is 0 Å². The van der Waals surface area contributed by atoms with Crippen LogP contribution in [-0.2, 0) is 0 Å². The highest BCUT2D eigenvalue weighted by atomic mass is 127. The molecule has 18 heavy (non-hydrogen) atoms. The van der Waals surface area contributed by atoms with Crippen molar-refractivity contribution in [2.24, 2.45) is 4.99 Å². The highest BCUT2D eigenvalue weighted by Crippen LogP contribution is 2.23. The second-order valence-corrected chi connectivity index (χ2v) is 5.47. The molecule has 0 heterocycles. The van der Waals surface area contributed by atoms with Crippen LogP contribution in [0.2, 0.25) is 5.02 Å². The van der Waals surface area contributed by atoms with Gasteiger partial charge >= 0.3 is 0 Å². The number of hydrogen-bond donors (Lipinski definition) is 1. The molecule has 4 heteroatoms. The van der Waals surface area contributed by atoms with E-state index in [1.807, 2.05) is 37.3 Å². The van der Waals surface area contributed by atoms with Crippen LogP contribution in [0.1, 0.15) is 11.1 Å². The quantitative estimate of drug-likeness (QED) is 0.602. The van der Waals surface area contributed by atoms with E-state index in [0.29, 0.717) is 5.02 Å². The van der Waals surface area contributed by atoms with Crippen LogP contribution in [0.3, 0.4) is 0 Å². The van der Waals surface area contributed by atoms with E-state index in [1.54, 1.807) is 12.3 Å². The average molecular weight is 372 g/mol. The lowest BCUT2D eigenvalue weighted by atomic mass is 10.2. The first-order valence-corrected chi connectivity index (χ1v) is 6.80. The molecule has 2 rings (SSSR count). The van der Waals surface area contributed by atoms with Gasteiger partial charge in [0.1, 0.15) is 5.75 Å². The fraction of sp³-hybridized carbons (Fsp3) is 0.0714. The van der Waals surface area contributed by atoms with E-state index < -0.39 is 0 Å². The van der Waals surface area contributed by atoms with E-state index in [9.17, 15) is 5.11 Å². The molecule has 0 fully saturated rings. The molecule has 1 N–H and O–H groups in total. The van der Waals surface area contributed by atoms with E-state index >= 15 is 0 Å². The Bertz CT molecular complexity index is 557. The highest BCUT2D eigenvalue weighted by Gasteiger charge is 1.98. The Kier molecular flexibility index (Phi) is 4.24. The van der Waals surface area contributed by atoms with Crippen LogP contribution in [0, 0.1) is 10.5 Å². The fourth-order valence-electron chi connectivity index (χ4n) is 1.41. The zero-order chi connectivity index (χ0) is 13.1. The Morgan fingerprint density at radius 1 is 1.22 bits per heavy atom. The third-order valence-corrected chi connectivity index (χ3v) is 3.76. The van der Waals surface area contributed by atoms with Crippen molar-refractivity contribution in [3.8, 4) is 5.75 Å². The van der Waals surface area contributed by atoms with E-state index in [4.69, 9.17) is 11.6 Å². The summed E-state index contributed by atoms with van der Waals surface area (Å²) >= 11 is 8.11. The van der Waals surface area contributed by atoms with Gasteiger partial charge in [0.15, 0.2) is 0 Å². The van der Waals surface area contributed by atoms with Crippen LogP contribution in [0.15, 0.2) is 41.4 Å². The summed E-state index contributed by atoms with van der Waals surface area (Å²) in [5.41, 5.74) is 2.79. The van der Waals surface area contributed by atoms with E-state index in [2.05, 4.69) is 27.6 Å². The monoisotopic (exact) mass is 371 g/mol. The number of aromatic hydroxyl groups is 1. The summed E-state index contributed by atoms with van der Waals surface area (Å²) in [6.45, 7) is 1.96. The van der Waals surface area contributed by atoms with Gasteiger partial charge in [-0.1, -0.05) is 17.7 Å². The second kappa shape index (κ2) is 5.71. The van der Waals surface area contributed by atoms with Crippen LogP contribution in [0.4, 0.5) is 5.69 Å². The Balaban J connectivity index is 2.24. The normalized spacial score (nSPS) is 11.1. The second-order valence-electron chi connectivity index (χ2n) is 3.90. The summed E-state index contributed by atoms with van der Waals surface area (Å²) in [5, 5.41) is 10.1. The van der Waals surface area contributed by atoms with Crippen molar-refractivity contribution in [2.45, 2.75) is 6.92 Å². The van der Waals surface area contributed by atoms with Gasteiger partial charge in [0.2, 0.25) is 0 Å². The summed E-state index contributed by atoms with van der Waals surface area (Å²) in [4.78, 5) is 4.35. The Morgan fingerprint density at radius 3 is 2.67 bits per heavy atom. The molecule has 0 saturated heterocycles. The number of phenolic OH excluding ortho intramolecular Hbond substituents is 1. The zero-order valence-electron chi connectivity index (χ0n) is 9.69.